The number of nitro benzene ring substituents is 1. The van der Waals surface area contributed by atoms with Crippen molar-refractivity contribution in [2.24, 2.45) is 5.10 Å². The fourth-order valence-electron chi connectivity index (χ4n) is 2.54. The first-order valence-electron chi connectivity index (χ1n) is 8.10. The molecule has 0 radical (unpaired) electrons. The molecule has 0 aliphatic carbocycles. The number of aryl methyl sites for hydroxylation is 1. The van der Waals surface area contributed by atoms with E-state index in [0.29, 0.717) is 13.2 Å². The van der Waals surface area contributed by atoms with Gasteiger partial charge in [-0.25, -0.2) is 8.42 Å². The first-order valence-corrected chi connectivity index (χ1v) is 10.4. The number of hydrogen-bond donors (Lipinski definition) is 1. The van der Waals surface area contributed by atoms with Crippen molar-refractivity contribution in [1.29, 1.82) is 0 Å². The van der Waals surface area contributed by atoms with Crippen LogP contribution in [0.25, 0.3) is 0 Å². The van der Waals surface area contributed by atoms with Crippen LogP contribution < -0.4 is 5.43 Å². The van der Waals surface area contributed by atoms with Gasteiger partial charge in [0.2, 0.25) is 10.0 Å². The number of nitro groups is 1. The smallest absolute Gasteiger partial charge is 0.295 e. The van der Waals surface area contributed by atoms with Gasteiger partial charge in [0, 0.05) is 28.9 Å². The number of morpholine rings is 1. The summed E-state index contributed by atoms with van der Waals surface area (Å²) in [7, 11) is -3.81. The molecule has 1 aliphatic rings. The highest BCUT2D eigenvalue weighted by Crippen LogP contribution is 2.29. The Morgan fingerprint density at radius 2 is 2.04 bits per heavy atom. The zero-order valence-corrected chi connectivity index (χ0v) is 16.1. The molecule has 3 rings (SSSR count). The van der Waals surface area contributed by atoms with Crippen molar-refractivity contribution >= 4 is 38.9 Å². The van der Waals surface area contributed by atoms with Crippen molar-refractivity contribution in [2.45, 2.75) is 11.8 Å². The zero-order valence-electron chi connectivity index (χ0n) is 14.5. The van der Waals surface area contributed by atoms with Crippen molar-refractivity contribution in [1.82, 2.24) is 4.31 Å². The Hall–Kier alpha value is -2.34. The fourth-order valence-corrected chi connectivity index (χ4v) is 4.72. The van der Waals surface area contributed by atoms with E-state index in [1.165, 1.54) is 27.8 Å². The maximum Gasteiger partial charge on any atom is 0.295 e. The lowest BCUT2D eigenvalue weighted by atomic mass is 10.3. The van der Waals surface area contributed by atoms with Gasteiger partial charge in [-0.15, -0.1) is 11.3 Å². The number of nitrogens with one attached hydrogen (secondary N) is 1. The Labute approximate surface area is 160 Å². The summed E-state index contributed by atoms with van der Waals surface area (Å²) in [6.45, 7) is 3.02. The molecule has 9 nitrogen and oxygen atoms in total. The van der Waals surface area contributed by atoms with Crippen LogP contribution in [0.4, 0.5) is 11.4 Å². The zero-order chi connectivity index (χ0) is 19.4. The van der Waals surface area contributed by atoms with Gasteiger partial charge in [-0.3, -0.25) is 15.5 Å². The summed E-state index contributed by atoms with van der Waals surface area (Å²) in [5, 5.41) is 15.4. The largest absolute Gasteiger partial charge is 0.379 e. The van der Waals surface area contributed by atoms with Gasteiger partial charge in [0.25, 0.3) is 5.69 Å². The molecule has 1 fully saturated rings. The third kappa shape index (κ3) is 4.50. The molecule has 0 unspecified atom stereocenters. The Morgan fingerprint density at radius 1 is 1.30 bits per heavy atom. The lowest BCUT2D eigenvalue weighted by Crippen LogP contribution is -2.40. The van der Waals surface area contributed by atoms with E-state index in [2.05, 4.69) is 10.5 Å². The number of anilines is 1. The maximum atomic E-state index is 12.7. The standard InChI is InChI=1S/C16H18N4O5S2/c1-12-2-3-13(26-12)11-17-18-15-5-4-14(10-16(15)20(21)22)27(23,24)19-6-8-25-9-7-19/h2-5,10-11,18H,6-9H2,1H3/b17-11+. The van der Waals surface area contributed by atoms with Crippen molar-refractivity contribution in [3.8, 4) is 0 Å². The topological polar surface area (TPSA) is 114 Å². The minimum Gasteiger partial charge on any atom is -0.379 e. The predicted octanol–water partition coefficient (Wildman–Crippen LogP) is 2.43. The highest BCUT2D eigenvalue weighted by atomic mass is 32.2. The minimum atomic E-state index is -3.81. The first-order chi connectivity index (χ1) is 12.9. The van der Waals surface area contributed by atoms with Crippen LogP contribution in [0.1, 0.15) is 9.75 Å². The number of thiophene rings is 1. The molecule has 0 amide bonds. The Balaban J connectivity index is 1.84. The van der Waals surface area contributed by atoms with Crippen LogP contribution in [0, 0.1) is 17.0 Å². The number of hydrazone groups is 1. The van der Waals surface area contributed by atoms with Gasteiger partial charge in [-0.05, 0) is 31.2 Å². The van der Waals surface area contributed by atoms with Crippen LogP contribution in [0.3, 0.4) is 0 Å². The number of benzene rings is 1. The third-order valence-corrected chi connectivity index (χ3v) is 6.74. The monoisotopic (exact) mass is 410 g/mol. The molecule has 1 aromatic heterocycles. The van der Waals surface area contributed by atoms with Gasteiger partial charge in [0.05, 0.1) is 29.2 Å². The molecule has 1 N–H and O–H groups in total. The summed E-state index contributed by atoms with van der Waals surface area (Å²) in [6, 6.07) is 7.57. The SMILES string of the molecule is Cc1ccc(/C=N/Nc2ccc(S(=O)(=O)N3CCOCC3)cc2[N+](=O)[O-])s1. The molecule has 0 saturated carbocycles. The molecule has 1 aliphatic heterocycles. The molecule has 0 bridgehead atoms. The second kappa shape index (κ2) is 8.13. The lowest BCUT2D eigenvalue weighted by Gasteiger charge is -2.26. The van der Waals surface area contributed by atoms with Crippen molar-refractivity contribution in [3.63, 3.8) is 0 Å². The molecule has 11 heteroatoms. The summed E-state index contributed by atoms with van der Waals surface area (Å²) in [5.74, 6) is 0. The molecule has 0 atom stereocenters. The van der Waals surface area contributed by atoms with Crippen LogP contribution in [0.5, 0.6) is 0 Å². The second-order valence-electron chi connectivity index (χ2n) is 5.77. The van der Waals surface area contributed by atoms with E-state index in [4.69, 9.17) is 4.74 Å². The van der Waals surface area contributed by atoms with Crippen LogP contribution in [-0.4, -0.2) is 50.2 Å². The molecule has 0 spiro atoms. The highest BCUT2D eigenvalue weighted by Gasteiger charge is 2.28. The third-order valence-electron chi connectivity index (χ3n) is 3.91. The number of rotatable bonds is 6. The summed E-state index contributed by atoms with van der Waals surface area (Å²) < 4.78 is 31.8. The van der Waals surface area contributed by atoms with E-state index >= 15 is 0 Å². The van der Waals surface area contributed by atoms with E-state index in [9.17, 15) is 18.5 Å². The van der Waals surface area contributed by atoms with Crippen LogP contribution in [-0.2, 0) is 14.8 Å². The molecule has 1 aromatic carbocycles. The highest BCUT2D eigenvalue weighted by molar-refractivity contribution is 7.89. The number of sulfonamides is 1. The molecular formula is C16H18N4O5S2. The molecule has 27 heavy (non-hydrogen) atoms. The van der Waals surface area contributed by atoms with E-state index in [0.717, 1.165) is 15.8 Å². The Morgan fingerprint density at radius 3 is 2.67 bits per heavy atom. The van der Waals surface area contributed by atoms with Crippen molar-refractivity contribution in [2.75, 3.05) is 31.7 Å². The van der Waals surface area contributed by atoms with E-state index in [1.54, 1.807) is 6.21 Å². The predicted molar refractivity (Wildman–Crippen MR) is 103 cm³/mol. The first kappa shape index (κ1) is 19.4. The number of nitrogens with zero attached hydrogens (tertiary/aromatic N) is 3. The molecule has 2 heterocycles. The van der Waals surface area contributed by atoms with Crippen molar-refractivity contribution < 1.29 is 18.1 Å². The Kier molecular flexibility index (Phi) is 5.85. The lowest BCUT2D eigenvalue weighted by molar-refractivity contribution is -0.384. The molecular weight excluding hydrogens is 392 g/mol. The molecule has 144 valence electrons. The van der Waals surface area contributed by atoms with Gasteiger partial charge >= 0.3 is 0 Å². The van der Waals surface area contributed by atoms with Crippen LogP contribution in [0.2, 0.25) is 0 Å². The van der Waals surface area contributed by atoms with Gasteiger partial charge in [0.15, 0.2) is 0 Å². The second-order valence-corrected chi connectivity index (χ2v) is 9.03. The van der Waals surface area contributed by atoms with E-state index in [1.807, 2.05) is 19.1 Å². The average molecular weight is 410 g/mol. The molecule has 2 aromatic rings. The fraction of sp³-hybridized carbons (Fsp3) is 0.312. The minimum absolute atomic E-state index is 0.116. The van der Waals surface area contributed by atoms with E-state index in [-0.39, 0.29) is 29.4 Å². The quantitative estimate of drug-likeness (QED) is 0.444. The summed E-state index contributed by atoms with van der Waals surface area (Å²) in [5.41, 5.74) is 2.38. The Bertz CT molecular complexity index is 965. The van der Waals surface area contributed by atoms with Gasteiger partial charge in [-0.2, -0.15) is 9.41 Å². The average Bonchev–Trinajstić information content (AvgIpc) is 3.07. The van der Waals surface area contributed by atoms with Crippen LogP contribution >= 0.6 is 11.3 Å². The van der Waals surface area contributed by atoms with Gasteiger partial charge in [0.1, 0.15) is 5.69 Å². The van der Waals surface area contributed by atoms with E-state index < -0.39 is 14.9 Å². The number of hydrogen-bond acceptors (Lipinski definition) is 8. The summed E-state index contributed by atoms with van der Waals surface area (Å²) in [6.07, 6.45) is 1.56. The number of ether oxygens (including phenoxy) is 1. The summed E-state index contributed by atoms with van der Waals surface area (Å²) in [4.78, 5) is 12.7. The maximum absolute atomic E-state index is 12.7. The summed E-state index contributed by atoms with van der Waals surface area (Å²) >= 11 is 1.54. The van der Waals surface area contributed by atoms with Gasteiger partial charge in [-0.1, -0.05) is 0 Å². The normalized spacial score (nSPS) is 15.9. The molecule has 1 saturated heterocycles. The van der Waals surface area contributed by atoms with Crippen molar-refractivity contribution in [3.05, 3.63) is 50.2 Å². The van der Waals surface area contributed by atoms with Gasteiger partial charge < -0.3 is 4.74 Å². The van der Waals surface area contributed by atoms with Crippen LogP contribution in [0.15, 0.2) is 40.3 Å².